The molecule has 1 spiro atoms. The number of ketones is 2. The van der Waals surface area contributed by atoms with E-state index in [2.05, 4.69) is 19.9 Å². The summed E-state index contributed by atoms with van der Waals surface area (Å²) < 4.78 is 20.0. The lowest BCUT2D eigenvalue weighted by Crippen LogP contribution is -2.62. The first-order chi connectivity index (χ1) is 26.1. The first-order valence-corrected chi connectivity index (χ1v) is 21.2. The third kappa shape index (κ3) is 11.5. The Labute approximate surface area is 336 Å². The van der Waals surface area contributed by atoms with Crippen LogP contribution in [0, 0.1) is 53.3 Å². The number of rotatable bonds is 3. The maximum Gasteiger partial charge on any atom is 0.330 e. The van der Waals surface area contributed by atoms with Crippen LogP contribution >= 0.6 is 0 Å². The van der Waals surface area contributed by atoms with Gasteiger partial charge in [0.05, 0.1) is 36.6 Å². The molecular formula is C45H74O11. The number of Topliss-reactive ketones (excluding diaryl/α,β-unsaturated/α-hetero) is 2. The molecule has 1 unspecified atom stereocenters. The van der Waals surface area contributed by atoms with E-state index in [-0.39, 0.29) is 35.9 Å². The van der Waals surface area contributed by atoms with Crippen LogP contribution in [-0.2, 0) is 28.6 Å². The highest BCUT2D eigenvalue weighted by atomic mass is 16.7. The quantitative estimate of drug-likeness (QED) is 0.216. The van der Waals surface area contributed by atoms with Crippen LogP contribution < -0.4 is 0 Å². The summed E-state index contributed by atoms with van der Waals surface area (Å²) in [4.78, 5) is 40.5. The van der Waals surface area contributed by atoms with Gasteiger partial charge in [0.1, 0.15) is 17.5 Å². The smallest absolute Gasteiger partial charge is 0.330 e. The van der Waals surface area contributed by atoms with E-state index < -0.39 is 89.0 Å². The van der Waals surface area contributed by atoms with E-state index >= 15 is 0 Å². The maximum atomic E-state index is 13.5. The zero-order valence-electron chi connectivity index (χ0n) is 35.8. The number of hydrogen-bond acceptors (Lipinski definition) is 11. The van der Waals surface area contributed by atoms with Crippen molar-refractivity contribution in [1.29, 1.82) is 0 Å². The number of carbonyl (C=O) groups excluding carboxylic acids is 3. The Morgan fingerprint density at radius 2 is 1.48 bits per heavy atom. The molecule has 0 saturated carbocycles. The van der Waals surface area contributed by atoms with Crippen molar-refractivity contribution in [2.75, 3.05) is 0 Å². The molecule has 11 nitrogen and oxygen atoms in total. The second-order valence-electron chi connectivity index (χ2n) is 18.0. The molecule has 3 rings (SSSR count). The number of hydrogen-bond donors (Lipinski definition) is 5. The Kier molecular flexibility index (Phi) is 17.7. The van der Waals surface area contributed by atoms with E-state index in [9.17, 15) is 39.9 Å². The molecule has 0 aromatic heterocycles. The molecule has 3 aliphatic heterocycles. The molecule has 11 heteroatoms. The molecule has 320 valence electrons. The van der Waals surface area contributed by atoms with Crippen LogP contribution in [0.4, 0.5) is 0 Å². The molecule has 2 fully saturated rings. The Balaban J connectivity index is 1.99. The third-order valence-corrected chi connectivity index (χ3v) is 13.4. The second kappa shape index (κ2) is 20.6. The minimum Gasteiger partial charge on any atom is -0.458 e. The number of ether oxygens (including phenoxy) is 3. The highest BCUT2D eigenvalue weighted by molar-refractivity contribution is 5.91. The fraction of sp³-hybridized carbons (Fsp3) is 0.800. The van der Waals surface area contributed by atoms with Crippen LogP contribution in [0.2, 0.25) is 0 Å². The fourth-order valence-electron chi connectivity index (χ4n) is 9.01. The van der Waals surface area contributed by atoms with Gasteiger partial charge in [0.25, 0.3) is 0 Å². The van der Waals surface area contributed by atoms with Gasteiger partial charge in [0.15, 0.2) is 11.6 Å². The summed E-state index contributed by atoms with van der Waals surface area (Å²) in [5, 5.41) is 55.0. The Bertz CT molecular complexity index is 1390. The van der Waals surface area contributed by atoms with Crippen LogP contribution in [0.5, 0.6) is 0 Å². The van der Waals surface area contributed by atoms with E-state index in [1.165, 1.54) is 39.8 Å². The maximum absolute atomic E-state index is 13.5. The highest BCUT2D eigenvalue weighted by Gasteiger charge is 2.56. The molecule has 5 N–H and O–H groups in total. The zero-order chi connectivity index (χ0) is 42.3. The fourth-order valence-corrected chi connectivity index (χ4v) is 9.01. The van der Waals surface area contributed by atoms with Gasteiger partial charge in [-0.25, -0.2) is 4.79 Å². The van der Waals surface area contributed by atoms with Gasteiger partial charge in [-0.2, -0.15) is 0 Å². The normalized spacial score (nSPS) is 46.8. The van der Waals surface area contributed by atoms with Crippen molar-refractivity contribution in [3.05, 3.63) is 36.5 Å². The van der Waals surface area contributed by atoms with Crippen LogP contribution in [-0.4, -0.2) is 97.2 Å². The van der Waals surface area contributed by atoms with Gasteiger partial charge in [0.2, 0.25) is 0 Å². The van der Waals surface area contributed by atoms with Crippen molar-refractivity contribution >= 4 is 17.5 Å². The summed E-state index contributed by atoms with van der Waals surface area (Å²) in [6.07, 6.45) is 9.62. The summed E-state index contributed by atoms with van der Waals surface area (Å²) in [6.45, 7) is 19.1. The SMILES string of the molecule is CC[C@@H]1/C=C/C=C/C[C@@H](C)[C@H](O)[C@@](C)(O)C(=O)[C@H](C)[C@@H](O)[C@@H](C)C(=O)[C@@H](C)[C@H](O)[C@@H](C)/C=C/C(=O)O[C@@H]2C(C)[C@H](CC1)O[C@]1(CC[C@H](C)[C@H](C[C@@H](C)O)O1)[C@H]2C. The van der Waals surface area contributed by atoms with Crippen molar-refractivity contribution in [3.8, 4) is 0 Å². The van der Waals surface area contributed by atoms with Crippen molar-refractivity contribution < 1.29 is 54.1 Å². The molecule has 2 saturated heterocycles. The van der Waals surface area contributed by atoms with E-state index in [0.29, 0.717) is 25.7 Å². The van der Waals surface area contributed by atoms with Crippen LogP contribution in [0.15, 0.2) is 36.5 Å². The van der Waals surface area contributed by atoms with E-state index in [1.54, 1.807) is 20.8 Å². The Hall–Kier alpha value is -2.25. The standard InChI is InChI=1S/C45H74O11/c1-12-34-17-15-13-14-16-27(4)42(51)44(11,53)43(52)32(9)40(50)31(8)39(49)30(7)38(48)26(3)18-21-37(47)54-41-29(6)35(20-19-34)55-45(33(41)10)23-22-25(2)36(56-45)24-28(5)46/h13-15,17-18,21,25-36,38,40-42,46,48,50-51,53H,12,16,19-20,22-24H2,1-11H3/b14-13+,17-15+,21-18+/t25-,26-,27+,28+,29?,30-,31-,32+,33-,34+,35-,36-,38+,40-,41+,42-,44+,45-/m0/s1. The van der Waals surface area contributed by atoms with Gasteiger partial charge < -0.3 is 39.7 Å². The van der Waals surface area contributed by atoms with Gasteiger partial charge in [-0.3, -0.25) is 9.59 Å². The molecule has 0 amide bonds. The molecule has 0 aromatic rings. The van der Waals surface area contributed by atoms with E-state index in [0.717, 1.165) is 19.3 Å². The number of esters is 1. The largest absolute Gasteiger partial charge is 0.458 e. The molecule has 3 aliphatic rings. The number of fused-ring (bicyclic) bond motifs is 2. The third-order valence-electron chi connectivity index (χ3n) is 13.4. The number of allylic oxidation sites excluding steroid dienone is 4. The van der Waals surface area contributed by atoms with Crippen molar-refractivity contribution in [2.45, 2.75) is 175 Å². The molecular weight excluding hydrogens is 716 g/mol. The lowest BCUT2D eigenvalue weighted by atomic mass is 9.74. The van der Waals surface area contributed by atoms with Crippen molar-refractivity contribution in [1.82, 2.24) is 0 Å². The van der Waals surface area contributed by atoms with Gasteiger partial charge >= 0.3 is 5.97 Å². The minimum atomic E-state index is -2.18. The Morgan fingerprint density at radius 1 is 0.839 bits per heavy atom. The molecule has 2 bridgehead atoms. The first kappa shape index (κ1) is 48.1. The predicted octanol–water partition coefficient (Wildman–Crippen LogP) is 5.88. The Morgan fingerprint density at radius 3 is 2.11 bits per heavy atom. The molecule has 0 aromatic carbocycles. The molecule has 56 heavy (non-hydrogen) atoms. The van der Waals surface area contributed by atoms with Crippen LogP contribution in [0.25, 0.3) is 0 Å². The topological polar surface area (TPSA) is 180 Å². The summed E-state index contributed by atoms with van der Waals surface area (Å²) in [7, 11) is 0. The zero-order valence-corrected chi connectivity index (χ0v) is 35.8. The van der Waals surface area contributed by atoms with Gasteiger partial charge in [-0.15, -0.1) is 0 Å². The summed E-state index contributed by atoms with van der Waals surface area (Å²) in [5.41, 5.74) is -2.18. The second-order valence-corrected chi connectivity index (χ2v) is 18.0. The lowest BCUT2D eigenvalue weighted by molar-refractivity contribution is -0.371. The van der Waals surface area contributed by atoms with Gasteiger partial charge in [-0.05, 0) is 70.1 Å². The highest BCUT2D eigenvalue weighted by Crippen LogP contribution is 2.49. The summed E-state index contributed by atoms with van der Waals surface area (Å²) in [6, 6.07) is 0. The molecule has 0 aliphatic carbocycles. The first-order valence-electron chi connectivity index (χ1n) is 21.2. The van der Waals surface area contributed by atoms with E-state index in [1.807, 2.05) is 32.1 Å². The summed E-state index contributed by atoms with van der Waals surface area (Å²) >= 11 is 0. The van der Waals surface area contributed by atoms with Crippen molar-refractivity contribution in [2.24, 2.45) is 53.3 Å². The van der Waals surface area contributed by atoms with Gasteiger partial charge in [0, 0.05) is 48.0 Å². The molecule has 18 atom stereocenters. The van der Waals surface area contributed by atoms with E-state index in [4.69, 9.17) is 14.2 Å². The lowest BCUT2D eigenvalue weighted by Gasteiger charge is -2.55. The number of aliphatic hydroxyl groups is 5. The van der Waals surface area contributed by atoms with Crippen LogP contribution in [0.1, 0.15) is 121 Å². The average Bonchev–Trinajstić information content (AvgIpc) is 3.16. The monoisotopic (exact) mass is 791 g/mol. The number of aliphatic hydroxyl groups excluding tert-OH is 4. The average molecular weight is 791 g/mol. The minimum absolute atomic E-state index is 0.168. The van der Waals surface area contributed by atoms with Crippen molar-refractivity contribution in [3.63, 3.8) is 0 Å². The van der Waals surface area contributed by atoms with Gasteiger partial charge in [-0.1, -0.05) is 92.7 Å². The van der Waals surface area contributed by atoms with Crippen LogP contribution in [0.3, 0.4) is 0 Å². The molecule has 0 radical (unpaired) electrons. The number of carbonyl (C=O) groups is 3. The predicted molar refractivity (Wildman–Crippen MR) is 215 cm³/mol. The molecule has 3 heterocycles. The summed E-state index contributed by atoms with van der Waals surface area (Å²) in [5.74, 6) is -7.28.